The van der Waals surface area contributed by atoms with Crippen molar-refractivity contribution in [3.63, 3.8) is 0 Å². The van der Waals surface area contributed by atoms with Crippen LogP contribution in [0.1, 0.15) is 53.4 Å². The molecule has 0 aromatic rings. The number of ketones is 1. The van der Waals surface area contributed by atoms with Crippen LogP contribution in [0.25, 0.3) is 0 Å². The molecule has 96 valence electrons. The minimum Gasteiger partial charge on any atom is -0.392 e. The molecule has 0 bridgehead atoms. The molecule has 0 aromatic carbocycles. The minimum atomic E-state index is -0.459. The van der Waals surface area contributed by atoms with Crippen LogP contribution in [0.5, 0.6) is 0 Å². The average molecular weight is 236 g/mol. The van der Waals surface area contributed by atoms with Crippen LogP contribution in [0.3, 0.4) is 0 Å². The molecule has 5 atom stereocenters. The number of carbonyl (C=O) groups excluding carboxylic acids is 1. The number of aliphatic hydroxyl groups excluding tert-OH is 1. The third-order valence-electron chi connectivity index (χ3n) is 6.53. The third kappa shape index (κ3) is 1.13. The summed E-state index contributed by atoms with van der Waals surface area (Å²) >= 11 is 0. The van der Waals surface area contributed by atoms with Gasteiger partial charge in [0.15, 0.2) is 0 Å². The van der Waals surface area contributed by atoms with Crippen molar-refractivity contribution < 1.29 is 9.90 Å². The van der Waals surface area contributed by atoms with Gasteiger partial charge >= 0.3 is 0 Å². The van der Waals surface area contributed by atoms with Crippen LogP contribution >= 0.6 is 0 Å². The fourth-order valence-corrected chi connectivity index (χ4v) is 5.35. The van der Waals surface area contributed by atoms with E-state index in [9.17, 15) is 9.90 Å². The van der Waals surface area contributed by atoms with Crippen molar-refractivity contribution >= 4 is 5.78 Å². The van der Waals surface area contributed by atoms with Gasteiger partial charge in [-0.1, -0.05) is 20.8 Å². The van der Waals surface area contributed by atoms with Crippen molar-refractivity contribution in [1.82, 2.24) is 0 Å². The summed E-state index contributed by atoms with van der Waals surface area (Å²) in [7, 11) is 0. The van der Waals surface area contributed by atoms with Gasteiger partial charge in [0.1, 0.15) is 5.78 Å². The summed E-state index contributed by atoms with van der Waals surface area (Å²) in [6, 6.07) is 0. The molecule has 2 nitrogen and oxygen atoms in total. The number of aliphatic hydroxyl groups is 1. The van der Waals surface area contributed by atoms with Gasteiger partial charge in [0.2, 0.25) is 0 Å². The molecule has 3 aliphatic rings. The lowest BCUT2D eigenvalue weighted by atomic mass is 9.64. The highest BCUT2D eigenvalue weighted by Gasteiger charge is 2.71. The van der Waals surface area contributed by atoms with Gasteiger partial charge in [0, 0.05) is 6.42 Å². The first-order valence-corrected chi connectivity index (χ1v) is 6.94. The van der Waals surface area contributed by atoms with E-state index in [0.717, 1.165) is 12.8 Å². The molecular weight excluding hydrogens is 212 g/mol. The SMILES string of the molecule is CC1(C)C[C@H]2[C@H](O)[C@]3(C)C(=O)CC[C@]3(C)[C@H]2C1. The van der Waals surface area contributed by atoms with Gasteiger partial charge in [0.05, 0.1) is 11.5 Å². The molecule has 0 aliphatic heterocycles. The highest BCUT2D eigenvalue weighted by Crippen LogP contribution is 2.71. The van der Waals surface area contributed by atoms with E-state index in [4.69, 9.17) is 0 Å². The molecule has 1 N–H and O–H groups in total. The molecule has 3 fully saturated rings. The highest BCUT2D eigenvalue weighted by atomic mass is 16.3. The normalized spacial score (nSPS) is 56.1. The van der Waals surface area contributed by atoms with Crippen molar-refractivity contribution in [3.8, 4) is 0 Å². The van der Waals surface area contributed by atoms with Crippen molar-refractivity contribution in [2.45, 2.75) is 59.5 Å². The van der Waals surface area contributed by atoms with Gasteiger partial charge in [-0.05, 0) is 48.9 Å². The van der Waals surface area contributed by atoms with E-state index >= 15 is 0 Å². The monoisotopic (exact) mass is 236 g/mol. The lowest BCUT2D eigenvalue weighted by molar-refractivity contribution is -0.134. The topological polar surface area (TPSA) is 37.3 Å². The second kappa shape index (κ2) is 2.96. The zero-order valence-corrected chi connectivity index (χ0v) is 11.4. The molecule has 0 aromatic heterocycles. The molecule has 3 aliphatic carbocycles. The molecule has 0 amide bonds. The number of Topliss-reactive ketones (excluding diaryl/α,β-unsaturated/α-hetero) is 1. The maximum atomic E-state index is 12.2. The summed E-state index contributed by atoms with van der Waals surface area (Å²) in [6.45, 7) is 8.89. The first kappa shape index (κ1) is 11.7. The molecule has 0 unspecified atom stereocenters. The van der Waals surface area contributed by atoms with Crippen LogP contribution in [0.2, 0.25) is 0 Å². The molecule has 17 heavy (non-hydrogen) atoms. The van der Waals surface area contributed by atoms with Gasteiger partial charge in [-0.15, -0.1) is 0 Å². The van der Waals surface area contributed by atoms with Crippen LogP contribution < -0.4 is 0 Å². The van der Waals surface area contributed by atoms with Crippen LogP contribution in [-0.2, 0) is 4.79 Å². The number of hydrogen-bond acceptors (Lipinski definition) is 2. The lowest BCUT2D eigenvalue weighted by Crippen LogP contribution is -2.43. The fourth-order valence-electron chi connectivity index (χ4n) is 5.35. The maximum Gasteiger partial charge on any atom is 0.141 e. The molecular formula is C15H24O2. The van der Waals surface area contributed by atoms with Crippen molar-refractivity contribution in [2.75, 3.05) is 0 Å². The van der Waals surface area contributed by atoms with E-state index in [1.54, 1.807) is 0 Å². The molecule has 2 heteroatoms. The van der Waals surface area contributed by atoms with Gasteiger partial charge in [-0.2, -0.15) is 0 Å². The van der Waals surface area contributed by atoms with Crippen LogP contribution in [0.15, 0.2) is 0 Å². The molecule has 3 saturated carbocycles. The standard InChI is InChI=1S/C15H24O2/c1-13(2)7-9-10(8-13)14(3)6-5-11(16)15(14,4)12(9)17/h9-10,12,17H,5-8H2,1-4H3/t9-,10+,12+,14-,15+/m1/s1. The summed E-state index contributed by atoms with van der Waals surface area (Å²) < 4.78 is 0. The second-order valence-corrected chi connectivity index (χ2v) is 7.83. The first-order valence-electron chi connectivity index (χ1n) is 6.94. The zero-order valence-electron chi connectivity index (χ0n) is 11.4. The Morgan fingerprint density at radius 3 is 2.47 bits per heavy atom. The van der Waals surface area contributed by atoms with E-state index in [-0.39, 0.29) is 5.41 Å². The summed E-state index contributed by atoms with van der Waals surface area (Å²) in [5, 5.41) is 10.7. The van der Waals surface area contributed by atoms with Gasteiger partial charge in [-0.3, -0.25) is 4.79 Å². The Morgan fingerprint density at radius 1 is 1.18 bits per heavy atom. The molecule has 3 rings (SSSR count). The van der Waals surface area contributed by atoms with Gasteiger partial charge in [0.25, 0.3) is 0 Å². The predicted octanol–water partition coefficient (Wildman–Crippen LogP) is 2.79. The third-order valence-corrected chi connectivity index (χ3v) is 6.53. The van der Waals surface area contributed by atoms with E-state index in [1.165, 1.54) is 6.42 Å². The summed E-state index contributed by atoms with van der Waals surface area (Å²) in [5.74, 6) is 1.20. The van der Waals surface area contributed by atoms with Crippen molar-refractivity contribution in [2.24, 2.45) is 28.1 Å². The highest BCUT2D eigenvalue weighted by molar-refractivity contribution is 5.89. The number of rotatable bonds is 0. The average Bonchev–Trinajstić information content (AvgIpc) is 2.73. The maximum absolute atomic E-state index is 12.2. The minimum absolute atomic E-state index is 0.0436. The second-order valence-electron chi connectivity index (χ2n) is 7.83. The Bertz CT molecular complexity index is 386. The Hall–Kier alpha value is -0.370. The molecule has 0 spiro atoms. The number of fused-ring (bicyclic) bond motifs is 3. The van der Waals surface area contributed by atoms with Crippen LogP contribution in [-0.4, -0.2) is 17.0 Å². The fraction of sp³-hybridized carbons (Fsp3) is 0.933. The number of hydrogen-bond donors (Lipinski definition) is 1. The van der Waals surface area contributed by atoms with Crippen molar-refractivity contribution in [3.05, 3.63) is 0 Å². The predicted molar refractivity (Wildman–Crippen MR) is 66.5 cm³/mol. The summed E-state index contributed by atoms with van der Waals surface area (Å²) in [5.41, 5.74) is -0.0763. The Morgan fingerprint density at radius 2 is 1.82 bits per heavy atom. The Balaban J connectivity index is 2.07. The molecule has 0 heterocycles. The smallest absolute Gasteiger partial charge is 0.141 e. The lowest BCUT2D eigenvalue weighted by Gasteiger charge is -2.39. The van der Waals surface area contributed by atoms with E-state index in [0.29, 0.717) is 29.5 Å². The van der Waals surface area contributed by atoms with Crippen LogP contribution in [0, 0.1) is 28.1 Å². The summed E-state index contributed by atoms with van der Waals surface area (Å²) in [6.07, 6.45) is 3.50. The van der Waals surface area contributed by atoms with Crippen molar-refractivity contribution in [1.29, 1.82) is 0 Å². The van der Waals surface area contributed by atoms with E-state index in [2.05, 4.69) is 20.8 Å². The Kier molecular flexibility index (Phi) is 2.04. The quantitative estimate of drug-likeness (QED) is 0.702. The molecule has 0 saturated heterocycles. The summed E-state index contributed by atoms with van der Waals surface area (Å²) in [4.78, 5) is 12.2. The zero-order chi connectivity index (χ0) is 12.6. The van der Waals surface area contributed by atoms with E-state index in [1.807, 2.05) is 6.92 Å². The van der Waals surface area contributed by atoms with Gasteiger partial charge < -0.3 is 5.11 Å². The van der Waals surface area contributed by atoms with E-state index < -0.39 is 11.5 Å². The van der Waals surface area contributed by atoms with Gasteiger partial charge in [-0.25, -0.2) is 0 Å². The largest absolute Gasteiger partial charge is 0.392 e. The van der Waals surface area contributed by atoms with Crippen LogP contribution in [0.4, 0.5) is 0 Å². The molecule has 0 radical (unpaired) electrons. The number of carbonyl (C=O) groups is 1. The first-order chi connectivity index (χ1) is 7.72. The Labute approximate surface area is 104 Å².